The maximum Gasteiger partial charge on any atom is 0.340 e. The molecule has 2 aromatic rings. The lowest BCUT2D eigenvalue weighted by molar-refractivity contribution is -0.152. The molecule has 3 heterocycles. The highest BCUT2D eigenvalue weighted by molar-refractivity contribution is 7.93. The van der Waals surface area contributed by atoms with E-state index in [0.717, 1.165) is 53.4 Å². The second kappa shape index (κ2) is 14.4. The Hall–Kier alpha value is -2.75. The van der Waals surface area contributed by atoms with Crippen molar-refractivity contribution in [3.8, 4) is 0 Å². The molecule has 1 amide bonds. The Kier molecular flexibility index (Phi) is 11.9. The number of aryl methyl sites for hydroxylation is 2. The average molecular weight is 547 g/mol. The molecule has 1 atom stereocenters. The molecular weight excluding hydrogens is 507 g/mol. The molecule has 0 saturated carbocycles. The van der Waals surface area contributed by atoms with Gasteiger partial charge < -0.3 is 19.3 Å². The molecule has 7 nitrogen and oxygen atoms in total. The molecule has 0 radical (unpaired) electrons. The van der Waals surface area contributed by atoms with E-state index in [2.05, 4.69) is 13.8 Å². The zero-order chi connectivity index (χ0) is 28.6. The molecule has 9 heteroatoms. The number of aromatic nitrogens is 1. The van der Waals surface area contributed by atoms with E-state index in [1.54, 1.807) is 37.3 Å². The summed E-state index contributed by atoms with van der Waals surface area (Å²) in [5.41, 5.74) is 5.36. The Bertz CT molecular complexity index is 1240. The zero-order valence-corrected chi connectivity index (χ0v) is 24.2. The Morgan fingerprint density at radius 1 is 1.16 bits per heavy atom. The number of amides is 1. The van der Waals surface area contributed by atoms with Crippen LogP contribution in [0, 0.1) is 12.7 Å². The van der Waals surface area contributed by atoms with Gasteiger partial charge in [0.1, 0.15) is 12.4 Å². The first-order valence-corrected chi connectivity index (χ1v) is 14.2. The van der Waals surface area contributed by atoms with Gasteiger partial charge in [-0.25, -0.2) is 14.2 Å². The monoisotopic (exact) mass is 546 g/mol. The van der Waals surface area contributed by atoms with E-state index in [4.69, 9.17) is 14.3 Å². The van der Waals surface area contributed by atoms with E-state index >= 15 is 0 Å². The normalized spacial score (nSPS) is 18.6. The van der Waals surface area contributed by atoms with Crippen LogP contribution >= 0.6 is 12.0 Å². The van der Waals surface area contributed by atoms with Crippen molar-refractivity contribution in [2.75, 3.05) is 19.9 Å². The summed E-state index contributed by atoms with van der Waals surface area (Å²) in [6.45, 7) is 10.2. The van der Waals surface area contributed by atoms with Gasteiger partial charge in [0.15, 0.2) is 6.10 Å². The van der Waals surface area contributed by atoms with Crippen molar-refractivity contribution in [1.82, 2.24) is 9.88 Å². The number of halogens is 1. The molecular formula is C29H39FN2O5S. The molecule has 0 fully saturated rings. The maximum atomic E-state index is 14.5. The van der Waals surface area contributed by atoms with Crippen LogP contribution in [0.4, 0.5) is 4.39 Å². The number of fused-ring (bicyclic) bond motifs is 2. The van der Waals surface area contributed by atoms with Gasteiger partial charge in [-0.1, -0.05) is 40.2 Å². The number of carbonyl (C=O) groups excluding carboxylic acids is 2. The molecule has 2 aliphatic heterocycles. The number of benzene rings is 1. The number of aliphatic hydroxyl groups excluding tert-OH is 1. The number of hydrogen-bond donors (Lipinski definition) is 2. The predicted molar refractivity (Wildman–Crippen MR) is 151 cm³/mol. The number of pyridine rings is 1. The van der Waals surface area contributed by atoms with Crippen LogP contribution in [-0.4, -0.2) is 57.4 Å². The summed E-state index contributed by atoms with van der Waals surface area (Å²) in [5, 5.41) is 11.3. The molecule has 1 aromatic carbocycles. The molecule has 0 bridgehead atoms. The van der Waals surface area contributed by atoms with Crippen LogP contribution in [0.15, 0.2) is 23.3 Å². The first kappa shape index (κ1) is 31.5. The minimum absolute atomic E-state index is 0.175. The maximum absolute atomic E-state index is 14.5. The van der Waals surface area contributed by atoms with Gasteiger partial charge in [-0.2, -0.15) is 0 Å². The third-order valence-corrected chi connectivity index (χ3v) is 6.35. The van der Waals surface area contributed by atoms with Crippen LogP contribution in [-0.2, 0) is 33.7 Å². The molecule has 1 aliphatic carbocycles. The molecule has 3 aliphatic rings. The highest BCUT2D eigenvalue weighted by Crippen LogP contribution is 2.37. The van der Waals surface area contributed by atoms with Crippen LogP contribution in [0.3, 0.4) is 0 Å². The Labute approximate surface area is 229 Å². The largest absolute Gasteiger partial charge is 0.458 e. The number of carbonyl (C=O) groups is 2. The summed E-state index contributed by atoms with van der Waals surface area (Å²) < 4.78 is 27.0. The number of likely N-dealkylation sites (N-methyl/N-ethyl adjacent to an activating group) is 1. The zero-order valence-electron chi connectivity index (χ0n) is 23.4. The fourth-order valence-electron chi connectivity index (χ4n) is 4.74. The van der Waals surface area contributed by atoms with Crippen LogP contribution in [0.2, 0.25) is 0 Å². The average Bonchev–Trinajstić information content (AvgIpc) is 2.95. The van der Waals surface area contributed by atoms with Gasteiger partial charge in [-0.15, -0.1) is 0 Å². The molecule has 1 aromatic heterocycles. The van der Waals surface area contributed by atoms with E-state index in [1.807, 2.05) is 13.8 Å². The number of hydrogen-bond acceptors (Lipinski definition) is 7. The van der Waals surface area contributed by atoms with E-state index in [-0.39, 0.29) is 29.5 Å². The first-order valence-electron chi connectivity index (χ1n) is 13.0. The van der Waals surface area contributed by atoms with E-state index in [9.17, 15) is 19.1 Å². The van der Waals surface area contributed by atoms with Gasteiger partial charge >= 0.3 is 5.97 Å². The smallest absolute Gasteiger partial charge is 0.340 e. The van der Waals surface area contributed by atoms with Crippen LogP contribution in [0.5, 0.6) is 0 Å². The Balaban J connectivity index is 0.000000571. The molecule has 0 saturated heterocycles. The second-order valence-electron chi connectivity index (χ2n) is 8.99. The third-order valence-electron chi connectivity index (χ3n) is 6.35. The van der Waals surface area contributed by atoms with Gasteiger partial charge in [0.05, 0.1) is 16.8 Å². The highest BCUT2D eigenvalue weighted by Gasteiger charge is 2.34. The number of rotatable bonds is 0. The lowest BCUT2D eigenvalue weighted by Crippen LogP contribution is -2.38. The number of cyclic esters (lactones) is 1. The van der Waals surface area contributed by atoms with Crippen LogP contribution < -0.4 is 0 Å². The summed E-state index contributed by atoms with van der Waals surface area (Å²) >= 11 is 0.750. The third kappa shape index (κ3) is 6.45. The SMILES string of the molecule is CC.CCC.CSO.Cc1c(F)cc2nc3c(c4c2c1CCC4)CN(C)C(=O)C1=C(/C=C/3)C(O)C(=O)OC1. The van der Waals surface area contributed by atoms with Crippen molar-refractivity contribution in [2.45, 2.75) is 73.0 Å². The minimum atomic E-state index is -1.52. The van der Waals surface area contributed by atoms with Gasteiger partial charge in [0, 0.05) is 42.4 Å². The van der Waals surface area contributed by atoms with Crippen LogP contribution in [0.1, 0.15) is 68.5 Å². The summed E-state index contributed by atoms with van der Waals surface area (Å²) in [5.74, 6) is -1.35. The summed E-state index contributed by atoms with van der Waals surface area (Å²) in [4.78, 5) is 31.2. The van der Waals surface area contributed by atoms with E-state index in [1.165, 1.54) is 12.5 Å². The van der Waals surface area contributed by atoms with Crippen molar-refractivity contribution in [2.24, 2.45) is 0 Å². The van der Waals surface area contributed by atoms with Gasteiger partial charge in [-0.3, -0.25) is 4.79 Å². The standard InChI is InChI=1S/C23H21FN2O4.C3H8.C2H6.CH4OS/c1-11-12-4-3-5-13-15-9-26(2)22(28)16-10-30-23(29)21(27)14(16)6-7-18(15)25-19(20(12)13)8-17(11)24;1-3-2;1-2;1-3-2/h6-8,21,27H,3-5,9-10H2,1-2H3;3H2,1-2H3;1-2H3;2H,1H3/b7-6+;;;. The quantitative estimate of drug-likeness (QED) is 0.326. The summed E-state index contributed by atoms with van der Waals surface area (Å²) in [6, 6.07) is 1.47. The first-order chi connectivity index (χ1) is 18.2. The Morgan fingerprint density at radius 3 is 2.39 bits per heavy atom. The predicted octanol–water partition coefficient (Wildman–Crippen LogP) is 5.64. The van der Waals surface area contributed by atoms with Crippen molar-refractivity contribution < 1.29 is 28.4 Å². The molecule has 2 N–H and O–H groups in total. The van der Waals surface area contributed by atoms with Crippen molar-refractivity contribution >= 4 is 40.9 Å². The Morgan fingerprint density at radius 2 is 1.76 bits per heavy atom. The molecule has 5 rings (SSSR count). The number of aliphatic hydroxyl groups is 1. The topological polar surface area (TPSA) is 100.0 Å². The summed E-state index contributed by atoms with van der Waals surface area (Å²) in [7, 11) is 1.68. The minimum Gasteiger partial charge on any atom is -0.458 e. The van der Waals surface area contributed by atoms with Crippen molar-refractivity contribution in [1.29, 1.82) is 0 Å². The highest BCUT2D eigenvalue weighted by atomic mass is 32.2. The molecule has 1 unspecified atom stereocenters. The number of esters is 1. The van der Waals surface area contributed by atoms with Crippen molar-refractivity contribution in [3.63, 3.8) is 0 Å². The van der Waals surface area contributed by atoms with Gasteiger partial charge in [-0.05, 0) is 61.0 Å². The molecule has 208 valence electrons. The summed E-state index contributed by atoms with van der Waals surface area (Å²) in [6.07, 6.45) is 7.14. The second-order valence-corrected chi connectivity index (χ2v) is 9.36. The van der Waals surface area contributed by atoms with Crippen molar-refractivity contribution in [3.05, 3.63) is 57.1 Å². The molecule has 0 spiro atoms. The lowest BCUT2D eigenvalue weighted by Gasteiger charge is -2.27. The fourth-order valence-corrected chi connectivity index (χ4v) is 4.74. The van der Waals surface area contributed by atoms with Crippen LogP contribution in [0.25, 0.3) is 17.0 Å². The van der Waals surface area contributed by atoms with E-state index in [0.29, 0.717) is 23.3 Å². The van der Waals surface area contributed by atoms with Gasteiger partial charge in [0.25, 0.3) is 5.91 Å². The fraction of sp³-hybridized carbons (Fsp3) is 0.483. The van der Waals surface area contributed by atoms with E-state index < -0.39 is 12.1 Å². The molecule has 38 heavy (non-hydrogen) atoms. The van der Waals surface area contributed by atoms with Gasteiger partial charge in [0.2, 0.25) is 0 Å². The number of nitrogens with zero attached hydrogens (tertiary/aromatic N) is 2. The number of ether oxygens (including phenoxy) is 1. The lowest BCUT2D eigenvalue weighted by atomic mass is 9.84.